The van der Waals surface area contributed by atoms with Crippen molar-refractivity contribution >= 4 is 0 Å². The van der Waals surface area contributed by atoms with Crippen LogP contribution in [0.2, 0.25) is 0 Å². The minimum atomic E-state index is 0.464. The first-order chi connectivity index (χ1) is 9.19. The van der Waals surface area contributed by atoms with Gasteiger partial charge in [0.25, 0.3) is 0 Å². The second kappa shape index (κ2) is 9.08. The highest BCUT2D eigenvalue weighted by molar-refractivity contribution is 5.19. The molecule has 1 atom stereocenters. The van der Waals surface area contributed by atoms with E-state index in [1.807, 2.05) is 7.05 Å². The Morgan fingerprint density at radius 1 is 1.05 bits per heavy atom. The van der Waals surface area contributed by atoms with Gasteiger partial charge in [0.1, 0.15) is 0 Å². The molecule has 3 heteroatoms. The van der Waals surface area contributed by atoms with Crippen LogP contribution in [0.15, 0.2) is 30.3 Å². The maximum atomic E-state index is 3.34. The highest BCUT2D eigenvalue weighted by atomic mass is 15.2. The molecule has 0 aliphatic rings. The molecule has 1 aromatic rings. The molecule has 1 rings (SSSR count). The van der Waals surface area contributed by atoms with Gasteiger partial charge < -0.3 is 10.2 Å². The number of nitrogens with one attached hydrogen (secondary N) is 1. The van der Waals surface area contributed by atoms with E-state index in [0.29, 0.717) is 6.04 Å². The summed E-state index contributed by atoms with van der Waals surface area (Å²) >= 11 is 0. The summed E-state index contributed by atoms with van der Waals surface area (Å²) in [5, 5.41) is 3.34. The summed E-state index contributed by atoms with van der Waals surface area (Å²) in [7, 11) is 6.31. The third-order valence-electron chi connectivity index (χ3n) is 3.37. The van der Waals surface area contributed by atoms with E-state index in [1.54, 1.807) is 0 Å². The van der Waals surface area contributed by atoms with Crippen LogP contribution in [-0.2, 0) is 0 Å². The summed E-state index contributed by atoms with van der Waals surface area (Å²) in [6.07, 6.45) is 1.19. The first-order valence-electron chi connectivity index (χ1n) is 7.27. The van der Waals surface area contributed by atoms with Crippen molar-refractivity contribution in [3.8, 4) is 0 Å². The van der Waals surface area contributed by atoms with E-state index >= 15 is 0 Å². The van der Waals surface area contributed by atoms with Gasteiger partial charge >= 0.3 is 0 Å². The van der Waals surface area contributed by atoms with Crippen molar-refractivity contribution in [1.29, 1.82) is 0 Å². The average molecular weight is 263 g/mol. The molecule has 3 nitrogen and oxygen atoms in total. The summed E-state index contributed by atoms with van der Waals surface area (Å²) in [4.78, 5) is 4.84. The molecule has 0 heterocycles. The second-order valence-electron chi connectivity index (χ2n) is 5.32. The predicted molar refractivity (Wildman–Crippen MR) is 83.5 cm³/mol. The van der Waals surface area contributed by atoms with Gasteiger partial charge in [0.15, 0.2) is 0 Å². The number of hydrogen-bond acceptors (Lipinski definition) is 3. The molecule has 0 saturated carbocycles. The molecular formula is C16H29N3. The number of rotatable bonds is 9. The van der Waals surface area contributed by atoms with Crippen molar-refractivity contribution < 1.29 is 0 Å². The van der Waals surface area contributed by atoms with Crippen LogP contribution in [0.3, 0.4) is 0 Å². The smallest absolute Gasteiger partial charge is 0.0473 e. The number of likely N-dealkylation sites (N-methyl/N-ethyl adjacent to an activating group) is 2. The zero-order chi connectivity index (χ0) is 14.1. The van der Waals surface area contributed by atoms with Crippen LogP contribution in [-0.4, -0.2) is 57.1 Å². The topological polar surface area (TPSA) is 18.5 Å². The fraction of sp³-hybridized carbons (Fsp3) is 0.625. The van der Waals surface area contributed by atoms with Gasteiger partial charge in [-0.2, -0.15) is 0 Å². The van der Waals surface area contributed by atoms with Gasteiger partial charge in [0.05, 0.1) is 0 Å². The minimum Gasteiger partial charge on any atom is -0.318 e. The van der Waals surface area contributed by atoms with Crippen LogP contribution in [0.4, 0.5) is 0 Å². The molecule has 0 aliphatic carbocycles. The maximum absolute atomic E-state index is 3.34. The van der Waals surface area contributed by atoms with E-state index in [4.69, 9.17) is 0 Å². The molecule has 0 aromatic heterocycles. The highest BCUT2D eigenvalue weighted by Crippen LogP contribution is 2.20. The lowest BCUT2D eigenvalue weighted by molar-refractivity contribution is 0.177. The molecule has 0 spiro atoms. The van der Waals surface area contributed by atoms with E-state index in [1.165, 1.54) is 12.0 Å². The Morgan fingerprint density at radius 3 is 2.26 bits per heavy atom. The lowest BCUT2D eigenvalue weighted by Gasteiger charge is -2.32. The van der Waals surface area contributed by atoms with E-state index in [-0.39, 0.29) is 0 Å². The van der Waals surface area contributed by atoms with Gasteiger partial charge in [0, 0.05) is 25.7 Å². The predicted octanol–water partition coefficient (Wildman–Crippen LogP) is 2.22. The molecule has 0 bridgehead atoms. The first-order valence-corrected chi connectivity index (χ1v) is 7.27. The molecule has 1 N–H and O–H groups in total. The molecule has 1 aromatic carbocycles. The van der Waals surface area contributed by atoms with E-state index in [9.17, 15) is 0 Å². The minimum absolute atomic E-state index is 0.464. The SMILES string of the molecule is CCCN(CCN(C)C)C(CNC)c1ccccc1. The van der Waals surface area contributed by atoms with Crippen LogP contribution in [0.1, 0.15) is 24.9 Å². The molecule has 0 aliphatic heterocycles. The van der Waals surface area contributed by atoms with Gasteiger partial charge in [0.2, 0.25) is 0 Å². The van der Waals surface area contributed by atoms with Gasteiger partial charge in [-0.15, -0.1) is 0 Å². The third-order valence-corrected chi connectivity index (χ3v) is 3.37. The Balaban J connectivity index is 2.79. The summed E-state index contributed by atoms with van der Waals surface area (Å²) in [5.74, 6) is 0. The fourth-order valence-corrected chi connectivity index (χ4v) is 2.37. The van der Waals surface area contributed by atoms with Crippen molar-refractivity contribution in [2.45, 2.75) is 19.4 Å². The standard InChI is InChI=1S/C16H29N3/c1-5-11-19(13-12-18(3)4)16(14-17-2)15-9-7-6-8-10-15/h6-10,16-17H,5,11-14H2,1-4H3. The summed E-state index contributed by atoms with van der Waals surface area (Å²) in [6.45, 7) is 6.62. The Labute approximate surface area is 118 Å². The van der Waals surface area contributed by atoms with E-state index < -0.39 is 0 Å². The lowest BCUT2D eigenvalue weighted by atomic mass is 10.0. The molecule has 0 amide bonds. The average Bonchev–Trinajstić information content (AvgIpc) is 2.42. The molecule has 0 radical (unpaired) electrons. The van der Waals surface area contributed by atoms with Crippen LogP contribution in [0.5, 0.6) is 0 Å². The van der Waals surface area contributed by atoms with Crippen molar-refractivity contribution in [3.05, 3.63) is 35.9 Å². The highest BCUT2D eigenvalue weighted by Gasteiger charge is 2.18. The molecule has 0 fully saturated rings. The summed E-state index contributed by atoms with van der Waals surface area (Å²) in [5.41, 5.74) is 1.41. The fourth-order valence-electron chi connectivity index (χ4n) is 2.37. The van der Waals surface area contributed by atoms with Gasteiger partial charge in [-0.25, -0.2) is 0 Å². The monoisotopic (exact) mass is 263 g/mol. The Morgan fingerprint density at radius 2 is 1.74 bits per heavy atom. The van der Waals surface area contributed by atoms with Crippen molar-refractivity contribution in [2.24, 2.45) is 0 Å². The number of nitrogens with zero attached hydrogens (tertiary/aromatic N) is 2. The quantitative estimate of drug-likeness (QED) is 0.737. The Bertz CT molecular complexity index is 324. The van der Waals surface area contributed by atoms with Gasteiger partial charge in [-0.1, -0.05) is 37.3 Å². The van der Waals surface area contributed by atoms with Gasteiger partial charge in [-0.05, 0) is 39.7 Å². The van der Waals surface area contributed by atoms with Crippen molar-refractivity contribution in [2.75, 3.05) is 47.3 Å². The largest absolute Gasteiger partial charge is 0.318 e. The van der Waals surface area contributed by atoms with Crippen molar-refractivity contribution in [3.63, 3.8) is 0 Å². The molecule has 1 unspecified atom stereocenters. The van der Waals surface area contributed by atoms with Gasteiger partial charge in [-0.3, -0.25) is 4.90 Å². The molecule has 108 valence electrons. The van der Waals surface area contributed by atoms with Crippen LogP contribution >= 0.6 is 0 Å². The zero-order valence-corrected chi connectivity index (χ0v) is 12.9. The molecule has 0 saturated heterocycles. The van der Waals surface area contributed by atoms with Crippen LogP contribution in [0.25, 0.3) is 0 Å². The van der Waals surface area contributed by atoms with Crippen LogP contribution in [0, 0.1) is 0 Å². The van der Waals surface area contributed by atoms with E-state index in [0.717, 1.165) is 26.2 Å². The van der Waals surface area contributed by atoms with Crippen molar-refractivity contribution in [1.82, 2.24) is 15.1 Å². The van der Waals surface area contributed by atoms with Crippen LogP contribution < -0.4 is 5.32 Å². The normalized spacial score (nSPS) is 13.2. The number of hydrogen-bond donors (Lipinski definition) is 1. The summed E-state index contributed by atoms with van der Waals surface area (Å²) in [6, 6.07) is 11.3. The Hall–Kier alpha value is -0.900. The maximum Gasteiger partial charge on any atom is 0.0473 e. The van der Waals surface area contributed by atoms with E-state index in [2.05, 4.69) is 66.5 Å². The Kier molecular flexibility index (Phi) is 7.72. The zero-order valence-electron chi connectivity index (χ0n) is 12.9. The molecular weight excluding hydrogens is 234 g/mol. The molecule has 19 heavy (non-hydrogen) atoms. The third kappa shape index (κ3) is 5.72. The summed E-state index contributed by atoms with van der Waals surface area (Å²) < 4.78 is 0. The second-order valence-corrected chi connectivity index (χ2v) is 5.32. The number of benzene rings is 1. The first kappa shape index (κ1) is 16.2. The lowest BCUT2D eigenvalue weighted by Crippen LogP contribution is -2.39.